The van der Waals surface area contributed by atoms with Gasteiger partial charge in [-0.25, -0.2) is 4.98 Å². The van der Waals surface area contributed by atoms with Crippen molar-refractivity contribution in [1.29, 1.82) is 0 Å². The number of amides is 1. The number of thiazole rings is 1. The number of carbonyl (C=O) groups is 1. The Kier molecular flexibility index (Phi) is 5.03. The van der Waals surface area contributed by atoms with Crippen molar-refractivity contribution in [3.63, 3.8) is 0 Å². The van der Waals surface area contributed by atoms with Gasteiger partial charge in [0.15, 0.2) is 0 Å². The number of nitrogens with one attached hydrogen (secondary N) is 1. The van der Waals surface area contributed by atoms with E-state index in [1.165, 1.54) is 11.3 Å². The third-order valence-corrected chi connectivity index (χ3v) is 5.13. The highest BCUT2D eigenvalue weighted by molar-refractivity contribution is 8.00. The molecular weight excluding hydrogens is 268 g/mol. The first-order valence-corrected chi connectivity index (χ1v) is 8.07. The molecule has 0 aromatic carbocycles. The predicted molar refractivity (Wildman–Crippen MR) is 75.4 cm³/mol. The van der Waals surface area contributed by atoms with Crippen molar-refractivity contribution in [3.8, 4) is 0 Å². The summed E-state index contributed by atoms with van der Waals surface area (Å²) in [5, 5.41) is 4.79. The summed E-state index contributed by atoms with van der Waals surface area (Å²) in [4.78, 5) is 15.9. The SMILES string of the molecule is CCSC1(CNC(=O)c2cscn2)CCOCC1. The van der Waals surface area contributed by atoms with Crippen LogP contribution >= 0.6 is 23.1 Å². The number of nitrogens with zero attached hydrogens (tertiary/aromatic N) is 1. The number of hydrogen-bond donors (Lipinski definition) is 1. The van der Waals surface area contributed by atoms with E-state index in [9.17, 15) is 4.79 Å². The number of thioether (sulfide) groups is 1. The minimum Gasteiger partial charge on any atom is -0.381 e. The van der Waals surface area contributed by atoms with Gasteiger partial charge in [-0.05, 0) is 18.6 Å². The Labute approximate surface area is 116 Å². The predicted octanol–water partition coefficient (Wildman–Crippen LogP) is 2.18. The van der Waals surface area contributed by atoms with Crippen LogP contribution in [0.15, 0.2) is 10.9 Å². The molecule has 0 aliphatic carbocycles. The number of carbonyl (C=O) groups excluding carboxylic acids is 1. The van der Waals surface area contributed by atoms with Crippen molar-refractivity contribution in [1.82, 2.24) is 10.3 Å². The second kappa shape index (κ2) is 6.54. The summed E-state index contributed by atoms with van der Waals surface area (Å²) in [5.74, 6) is 0.992. The summed E-state index contributed by atoms with van der Waals surface area (Å²) in [6, 6.07) is 0. The van der Waals surface area contributed by atoms with E-state index in [4.69, 9.17) is 4.74 Å². The Balaban J connectivity index is 1.91. The van der Waals surface area contributed by atoms with Crippen molar-refractivity contribution >= 4 is 29.0 Å². The molecule has 1 saturated heterocycles. The molecule has 0 atom stereocenters. The summed E-state index contributed by atoms with van der Waals surface area (Å²) >= 11 is 3.37. The van der Waals surface area contributed by atoms with E-state index >= 15 is 0 Å². The minimum absolute atomic E-state index is 0.0705. The molecule has 2 rings (SSSR count). The van der Waals surface area contributed by atoms with Crippen LogP contribution in [0, 0.1) is 0 Å². The Bertz CT molecular complexity index is 370. The van der Waals surface area contributed by atoms with E-state index in [-0.39, 0.29) is 10.7 Å². The first kappa shape index (κ1) is 13.8. The van der Waals surface area contributed by atoms with E-state index in [1.54, 1.807) is 10.9 Å². The highest BCUT2D eigenvalue weighted by Gasteiger charge is 2.33. The third kappa shape index (κ3) is 3.46. The number of hydrogen-bond acceptors (Lipinski definition) is 5. The fourth-order valence-corrected chi connectivity index (χ4v) is 3.85. The minimum atomic E-state index is -0.0705. The lowest BCUT2D eigenvalue weighted by Crippen LogP contribution is -2.44. The molecule has 1 aromatic rings. The van der Waals surface area contributed by atoms with Crippen molar-refractivity contribution in [2.45, 2.75) is 24.5 Å². The second-order valence-corrected chi connectivity index (χ2v) is 6.74. The first-order valence-electron chi connectivity index (χ1n) is 6.14. The summed E-state index contributed by atoms with van der Waals surface area (Å²) in [6.45, 7) is 4.44. The van der Waals surface area contributed by atoms with Crippen LogP contribution in [-0.2, 0) is 4.74 Å². The molecule has 2 heterocycles. The molecule has 0 saturated carbocycles. The van der Waals surface area contributed by atoms with Gasteiger partial charge in [0.1, 0.15) is 5.69 Å². The average Bonchev–Trinajstić information content (AvgIpc) is 2.91. The van der Waals surface area contributed by atoms with Gasteiger partial charge < -0.3 is 10.1 Å². The molecule has 4 nitrogen and oxygen atoms in total. The molecule has 100 valence electrons. The van der Waals surface area contributed by atoms with Gasteiger partial charge in [-0.3, -0.25) is 4.79 Å². The van der Waals surface area contributed by atoms with Crippen LogP contribution in [0.3, 0.4) is 0 Å². The quantitative estimate of drug-likeness (QED) is 0.901. The summed E-state index contributed by atoms with van der Waals surface area (Å²) < 4.78 is 5.55. The molecule has 1 aliphatic heterocycles. The zero-order chi connectivity index (χ0) is 12.8. The van der Waals surface area contributed by atoms with Crippen LogP contribution < -0.4 is 5.32 Å². The molecule has 6 heteroatoms. The lowest BCUT2D eigenvalue weighted by atomic mass is 9.99. The molecule has 0 unspecified atom stereocenters. The van der Waals surface area contributed by atoms with E-state index in [0.29, 0.717) is 12.2 Å². The summed E-state index contributed by atoms with van der Waals surface area (Å²) in [6.07, 6.45) is 2.01. The largest absolute Gasteiger partial charge is 0.381 e. The van der Waals surface area contributed by atoms with Gasteiger partial charge in [0.2, 0.25) is 0 Å². The number of aromatic nitrogens is 1. The van der Waals surface area contributed by atoms with Crippen LogP contribution in [-0.4, -0.2) is 41.1 Å². The van der Waals surface area contributed by atoms with Crippen LogP contribution in [0.4, 0.5) is 0 Å². The summed E-state index contributed by atoms with van der Waals surface area (Å²) in [5.41, 5.74) is 2.20. The molecule has 1 aromatic heterocycles. The fourth-order valence-electron chi connectivity index (χ4n) is 2.08. The average molecular weight is 286 g/mol. The monoisotopic (exact) mass is 286 g/mol. The molecule has 0 spiro atoms. The van der Waals surface area contributed by atoms with Gasteiger partial charge in [-0.2, -0.15) is 11.8 Å². The Morgan fingerprint density at radius 3 is 3.00 bits per heavy atom. The molecule has 18 heavy (non-hydrogen) atoms. The van der Waals surface area contributed by atoms with E-state index in [1.807, 2.05) is 11.8 Å². The third-order valence-electron chi connectivity index (χ3n) is 3.09. The van der Waals surface area contributed by atoms with Crippen LogP contribution in [0.1, 0.15) is 30.3 Å². The van der Waals surface area contributed by atoms with Gasteiger partial charge in [0.25, 0.3) is 5.91 Å². The highest BCUT2D eigenvalue weighted by Crippen LogP contribution is 2.34. The topological polar surface area (TPSA) is 51.2 Å². The zero-order valence-corrected chi connectivity index (χ0v) is 12.1. The van der Waals surface area contributed by atoms with E-state index in [0.717, 1.165) is 31.8 Å². The normalized spacial score (nSPS) is 18.5. The molecule has 1 aliphatic rings. The second-order valence-electron chi connectivity index (χ2n) is 4.28. The molecule has 1 fully saturated rings. The number of rotatable bonds is 5. The first-order chi connectivity index (χ1) is 8.76. The van der Waals surface area contributed by atoms with E-state index in [2.05, 4.69) is 17.2 Å². The smallest absolute Gasteiger partial charge is 0.270 e. The molecule has 0 radical (unpaired) electrons. The zero-order valence-electron chi connectivity index (χ0n) is 10.5. The van der Waals surface area contributed by atoms with E-state index < -0.39 is 0 Å². The van der Waals surface area contributed by atoms with Crippen molar-refractivity contribution in [2.24, 2.45) is 0 Å². The molecule has 1 amide bonds. The van der Waals surface area contributed by atoms with Crippen LogP contribution in [0.5, 0.6) is 0 Å². The fraction of sp³-hybridized carbons (Fsp3) is 0.667. The van der Waals surface area contributed by atoms with Gasteiger partial charge >= 0.3 is 0 Å². The van der Waals surface area contributed by atoms with Crippen molar-refractivity contribution in [3.05, 3.63) is 16.6 Å². The molecule has 0 bridgehead atoms. The highest BCUT2D eigenvalue weighted by atomic mass is 32.2. The Hall–Kier alpha value is -0.590. The Morgan fingerprint density at radius 1 is 1.61 bits per heavy atom. The maximum atomic E-state index is 11.9. The summed E-state index contributed by atoms with van der Waals surface area (Å²) in [7, 11) is 0. The van der Waals surface area contributed by atoms with Gasteiger partial charge in [-0.1, -0.05) is 6.92 Å². The Morgan fingerprint density at radius 2 is 2.39 bits per heavy atom. The van der Waals surface area contributed by atoms with Crippen LogP contribution in [0.2, 0.25) is 0 Å². The maximum absolute atomic E-state index is 11.9. The lowest BCUT2D eigenvalue weighted by Gasteiger charge is -2.36. The van der Waals surface area contributed by atoms with Crippen molar-refractivity contribution < 1.29 is 9.53 Å². The van der Waals surface area contributed by atoms with Gasteiger partial charge in [0, 0.05) is 29.9 Å². The lowest BCUT2D eigenvalue weighted by molar-refractivity contribution is 0.0740. The molecule has 1 N–H and O–H groups in total. The maximum Gasteiger partial charge on any atom is 0.270 e. The molecular formula is C12H18N2O2S2. The van der Waals surface area contributed by atoms with Crippen LogP contribution in [0.25, 0.3) is 0 Å². The standard InChI is InChI=1S/C12H18N2O2S2/c1-2-18-12(3-5-16-6-4-12)8-13-11(15)10-7-17-9-14-10/h7,9H,2-6,8H2,1H3,(H,13,15). The van der Waals surface area contributed by atoms with Gasteiger partial charge in [0.05, 0.1) is 5.51 Å². The van der Waals surface area contributed by atoms with Gasteiger partial charge in [-0.15, -0.1) is 11.3 Å². The number of ether oxygens (including phenoxy) is 1. The van der Waals surface area contributed by atoms with Crippen molar-refractivity contribution in [2.75, 3.05) is 25.5 Å².